The zero-order valence-corrected chi connectivity index (χ0v) is 14.4. The number of carbonyl (C=O) groups is 3. The highest BCUT2D eigenvalue weighted by Gasteiger charge is 2.43. The number of amides is 4. The first-order chi connectivity index (χ1) is 11.3. The monoisotopic (exact) mass is 335 g/mol. The molecule has 2 heterocycles. The fraction of sp³-hybridized carbons (Fsp3) is 0.588. The summed E-state index contributed by atoms with van der Waals surface area (Å²) in [5, 5.41) is 5.54. The van der Waals surface area contributed by atoms with Crippen molar-refractivity contribution >= 4 is 17.8 Å². The van der Waals surface area contributed by atoms with Gasteiger partial charge in [-0.2, -0.15) is 0 Å². The molecule has 1 unspecified atom stereocenters. The molecule has 132 valence electrons. The van der Waals surface area contributed by atoms with Crippen molar-refractivity contribution in [3.8, 4) is 0 Å². The standard InChI is InChI=1S/C17H25N3O4/c1-12(8-9-13-6-5-11-24-13)18-14(21)7-4-10-20-15(22)17(2,3)19-16(20)23/h5-6,11-12H,4,7-10H2,1-3H3,(H,18,21)(H,19,23). The average Bonchev–Trinajstić information content (AvgIpc) is 3.07. The Balaban J connectivity index is 1.66. The third kappa shape index (κ3) is 4.59. The molecule has 0 aromatic carbocycles. The summed E-state index contributed by atoms with van der Waals surface area (Å²) in [5.74, 6) is 0.574. The van der Waals surface area contributed by atoms with E-state index in [0.29, 0.717) is 6.42 Å². The minimum absolute atomic E-state index is 0.0400. The summed E-state index contributed by atoms with van der Waals surface area (Å²) in [4.78, 5) is 36.9. The summed E-state index contributed by atoms with van der Waals surface area (Å²) in [6.45, 7) is 5.53. The number of carbonyl (C=O) groups excluding carboxylic acids is 3. The lowest BCUT2D eigenvalue weighted by atomic mass is 10.1. The minimum Gasteiger partial charge on any atom is -0.469 e. The number of nitrogens with one attached hydrogen (secondary N) is 2. The normalized spacial score (nSPS) is 17.7. The van der Waals surface area contributed by atoms with Crippen LogP contribution in [0.4, 0.5) is 4.79 Å². The van der Waals surface area contributed by atoms with Crippen molar-refractivity contribution in [1.29, 1.82) is 0 Å². The second kappa shape index (κ2) is 7.51. The van der Waals surface area contributed by atoms with Crippen LogP contribution in [0.1, 0.15) is 45.8 Å². The first kappa shape index (κ1) is 18.0. The van der Waals surface area contributed by atoms with Crippen LogP contribution in [0.5, 0.6) is 0 Å². The second-order valence-electron chi connectivity index (χ2n) is 6.70. The Morgan fingerprint density at radius 3 is 2.75 bits per heavy atom. The average molecular weight is 335 g/mol. The number of imide groups is 1. The van der Waals surface area contributed by atoms with Gasteiger partial charge in [0.15, 0.2) is 0 Å². The molecule has 0 radical (unpaired) electrons. The molecule has 1 aromatic heterocycles. The maximum atomic E-state index is 12.0. The number of hydrogen-bond acceptors (Lipinski definition) is 4. The van der Waals surface area contributed by atoms with Gasteiger partial charge in [-0.05, 0) is 45.7 Å². The third-order valence-corrected chi connectivity index (χ3v) is 4.04. The van der Waals surface area contributed by atoms with Crippen molar-refractivity contribution in [2.75, 3.05) is 6.54 Å². The van der Waals surface area contributed by atoms with Gasteiger partial charge in [0.05, 0.1) is 6.26 Å². The van der Waals surface area contributed by atoms with Crippen LogP contribution in [0.2, 0.25) is 0 Å². The number of furan rings is 1. The number of urea groups is 1. The van der Waals surface area contributed by atoms with Crippen LogP contribution in [0, 0.1) is 0 Å². The molecule has 1 aliphatic heterocycles. The van der Waals surface area contributed by atoms with Crippen molar-refractivity contribution in [3.05, 3.63) is 24.2 Å². The van der Waals surface area contributed by atoms with Crippen molar-refractivity contribution in [1.82, 2.24) is 15.5 Å². The molecular weight excluding hydrogens is 310 g/mol. The van der Waals surface area contributed by atoms with Crippen molar-refractivity contribution < 1.29 is 18.8 Å². The highest BCUT2D eigenvalue weighted by molar-refractivity contribution is 6.06. The maximum absolute atomic E-state index is 12.0. The van der Waals surface area contributed by atoms with Crippen LogP contribution in [-0.4, -0.2) is 40.9 Å². The summed E-state index contributed by atoms with van der Waals surface area (Å²) >= 11 is 0. The Morgan fingerprint density at radius 2 is 2.17 bits per heavy atom. The number of aryl methyl sites for hydroxylation is 1. The smallest absolute Gasteiger partial charge is 0.325 e. The van der Waals surface area contributed by atoms with E-state index in [2.05, 4.69) is 10.6 Å². The lowest BCUT2D eigenvalue weighted by Crippen LogP contribution is -2.40. The van der Waals surface area contributed by atoms with Crippen molar-refractivity contribution in [3.63, 3.8) is 0 Å². The van der Waals surface area contributed by atoms with Crippen LogP contribution < -0.4 is 10.6 Å². The van der Waals surface area contributed by atoms with Gasteiger partial charge in [0.1, 0.15) is 11.3 Å². The Hall–Kier alpha value is -2.31. The maximum Gasteiger partial charge on any atom is 0.325 e. The molecule has 1 saturated heterocycles. The first-order valence-corrected chi connectivity index (χ1v) is 8.25. The molecule has 0 bridgehead atoms. The van der Waals surface area contributed by atoms with Crippen LogP contribution in [0.3, 0.4) is 0 Å². The predicted octanol–water partition coefficient (Wildman–Crippen LogP) is 1.83. The quantitative estimate of drug-likeness (QED) is 0.709. The third-order valence-electron chi connectivity index (χ3n) is 4.04. The van der Waals surface area contributed by atoms with E-state index in [4.69, 9.17) is 4.42 Å². The summed E-state index contributed by atoms with van der Waals surface area (Å²) in [7, 11) is 0. The first-order valence-electron chi connectivity index (χ1n) is 8.25. The Kier molecular flexibility index (Phi) is 5.64. The van der Waals surface area contributed by atoms with Gasteiger partial charge in [-0.15, -0.1) is 0 Å². The van der Waals surface area contributed by atoms with Gasteiger partial charge in [0.25, 0.3) is 5.91 Å². The van der Waals surface area contributed by atoms with Gasteiger partial charge in [-0.3, -0.25) is 14.5 Å². The Morgan fingerprint density at radius 1 is 1.42 bits per heavy atom. The molecule has 2 rings (SSSR count). The highest BCUT2D eigenvalue weighted by Crippen LogP contribution is 2.17. The van der Waals surface area contributed by atoms with Gasteiger partial charge in [0, 0.05) is 25.4 Å². The van der Waals surface area contributed by atoms with Gasteiger partial charge in [-0.25, -0.2) is 4.79 Å². The van der Waals surface area contributed by atoms with E-state index in [0.717, 1.165) is 18.6 Å². The van der Waals surface area contributed by atoms with E-state index in [1.54, 1.807) is 20.1 Å². The number of rotatable bonds is 8. The molecule has 1 aromatic rings. The summed E-state index contributed by atoms with van der Waals surface area (Å²) in [6.07, 6.45) is 3.93. The van der Waals surface area contributed by atoms with Crippen LogP contribution in [0.15, 0.2) is 22.8 Å². The molecule has 1 aliphatic rings. The fourth-order valence-corrected chi connectivity index (χ4v) is 2.65. The predicted molar refractivity (Wildman–Crippen MR) is 88.2 cm³/mol. The van der Waals surface area contributed by atoms with Gasteiger partial charge >= 0.3 is 6.03 Å². The molecule has 7 heteroatoms. The van der Waals surface area contributed by atoms with Gasteiger partial charge in [-0.1, -0.05) is 0 Å². The van der Waals surface area contributed by atoms with Gasteiger partial charge in [0.2, 0.25) is 5.91 Å². The molecule has 2 N–H and O–H groups in total. The largest absolute Gasteiger partial charge is 0.469 e. The van der Waals surface area contributed by atoms with Gasteiger partial charge < -0.3 is 15.1 Å². The van der Waals surface area contributed by atoms with Crippen LogP contribution in [-0.2, 0) is 16.0 Å². The molecule has 0 spiro atoms. The zero-order chi connectivity index (χ0) is 17.7. The highest BCUT2D eigenvalue weighted by atomic mass is 16.3. The SMILES string of the molecule is CC(CCc1ccco1)NC(=O)CCCN1C(=O)NC(C)(C)C1=O. The van der Waals surface area contributed by atoms with Crippen molar-refractivity contribution in [2.45, 2.75) is 58.0 Å². The van der Waals surface area contributed by atoms with Crippen LogP contribution >= 0.6 is 0 Å². The second-order valence-corrected chi connectivity index (χ2v) is 6.70. The van der Waals surface area contributed by atoms with E-state index in [1.165, 1.54) is 4.90 Å². The Bertz CT molecular complexity index is 595. The minimum atomic E-state index is -0.861. The van der Waals surface area contributed by atoms with E-state index >= 15 is 0 Å². The molecule has 0 saturated carbocycles. The van der Waals surface area contributed by atoms with E-state index in [-0.39, 0.29) is 30.8 Å². The summed E-state index contributed by atoms with van der Waals surface area (Å²) in [6, 6.07) is 3.40. The molecule has 1 atom stereocenters. The molecule has 1 fully saturated rings. The molecule has 7 nitrogen and oxygen atoms in total. The van der Waals surface area contributed by atoms with E-state index in [9.17, 15) is 14.4 Å². The zero-order valence-electron chi connectivity index (χ0n) is 14.4. The Labute approximate surface area is 141 Å². The summed E-state index contributed by atoms with van der Waals surface area (Å²) in [5.41, 5.74) is -0.861. The summed E-state index contributed by atoms with van der Waals surface area (Å²) < 4.78 is 5.26. The number of hydrogen-bond donors (Lipinski definition) is 2. The molecule has 4 amide bonds. The molecule has 24 heavy (non-hydrogen) atoms. The fourth-order valence-electron chi connectivity index (χ4n) is 2.65. The lowest BCUT2D eigenvalue weighted by molar-refractivity contribution is -0.130. The van der Waals surface area contributed by atoms with Crippen LogP contribution in [0.25, 0.3) is 0 Å². The van der Waals surface area contributed by atoms with E-state index < -0.39 is 11.6 Å². The molecular formula is C17H25N3O4. The topological polar surface area (TPSA) is 91.7 Å². The van der Waals surface area contributed by atoms with E-state index in [1.807, 2.05) is 19.1 Å². The number of nitrogens with zero attached hydrogens (tertiary/aromatic N) is 1. The lowest BCUT2D eigenvalue weighted by Gasteiger charge is -2.16. The molecule has 0 aliphatic carbocycles. The van der Waals surface area contributed by atoms with Crippen molar-refractivity contribution in [2.24, 2.45) is 0 Å².